The second-order valence-electron chi connectivity index (χ2n) is 11.8. The van der Waals surface area contributed by atoms with Gasteiger partial charge in [-0.05, 0) is 100 Å². The maximum absolute atomic E-state index is 12.4. The number of hydrogen-bond donors (Lipinski definition) is 2. The highest BCUT2D eigenvalue weighted by Gasteiger charge is 2.21. The smallest absolute Gasteiger partial charge is 0.229 e. The van der Waals surface area contributed by atoms with Gasteiger partial charge in [0.1, 0.15) is 0 Å². The van der Waals surface area contributed by atoms with Crippen molar-refractivity contribution < 1.29 is 4.79 Å². The molecule has 0 fully saturated rings. The number of aromatic amines is 1. The number of H-pyrrole nitrogens is 1. The quantitative estimate of drug-likeness (QED) is 0.105. The summed E-state index contributed by atoms with van der Waals surface area (Å²) in [4.78, 5) is 23.5. The lowest BCUT2D eigenvalue weighted by Crippen LogP contribution is -2.27. The van der Waals surface area contributed by atoms with Crippen LogP contribution in [0.3, 0.4) is 0 Å². The molecule has 224 valence electrons. The predicted molar refractivity (Wildman–Crippen MR) is 177 cm³/mol. The fraction of sp³-hybridized carbons (Fsp3) is 0.429. The maximum Gasteiger partial charge on any atom is 0.229 e. The Kier molecular flexibility index (Phi) is 12.8. The first kappa shape index (κ1) is 33.1. The Labute approximate surface area is 256 Å². The number of benzene rings is 1. The van der Waals surface area contributed by atoms with Crippen molar-refractivity contribution in [1.82, 2.24) is 20.2 Å². The van der Waals surface area contributed by atoms with Crippen molar-refractivity contribution in [2.75, 3.05) is 5.32 Å². The summed E-state index contributed by atoms with van der Waals surface area (Å²) in [6.45, 7) is 16.1. The molecule has 0 radical (unpaired) electrons. The van der Waals surface area contributed by atoms with Gasteiger partial charge in [0.05, 0.1) is 11.4 Å². The lowest BCUT2D eigenvalue weighted by atomic mass is 9.94. The molecule has 0 aliphatic rings. The summed E-state index contributed by atoms with van der Waals surface area (Å²) in [6.07, 6.45) is 15.6. The third kappa shape index (κ3) is 10.8. The Morgan fingerprint density at radius 3 is 2.52 bits per heavy atom. The van der Waals surface area contributed by atoms with Gasteiger partial charge in [0.15, 0.2) is 5.16 Å². The van der Waals surface area contributed by atoms with E-state index in [1.807, 2.05) is 58.0 Å². The molecular weight excluding hydrogens is 538 g/mol. The van der Waals surface area contributed by atoms with E-state index >= 15 is 0 Å². The number of amides is 1. The summed E-state index contributed by atoms with van der Waals surface area (Å²) in [5.74, 6) is 0.128. The molecule has 7 heteroatoms. The van der Waals surface area contributed by atoms with E-state index in [9.17, 15) is 4.79 Å². The van der Waals surface area contributed by atoms with Crippen LogP contribution in [-0.2, 0) is 11.2 Å². The summed E-state index contributed by atoms with van der Waals surface area (Å²) in [5.41, 5.74) is 5.76. The van der Waals surface area contributed by atoms with Crippen LogP contribution in [0.5, 0.6) is 0 Å². The second-order valence-corrected chi connectivity index (χ2v) is 12.9. The molecule has 0 aliphatic heterocycles. The van der Waals surface area contributed by atoms with Crippen LogP contribution in [0.2, 0.25) is 0 Å². The van der Waals surface area contributed by atoms with Crippen molar-refractivity contribution in [3.8, 4) is 0 Å². The predicted octanol–water partition coefficient (Wildman–Crippen LogP) is 9.48. The third-order valence-corrected chi connectivity index (χ3v) is 7.73. The number of allylic oxidation sites excluding steroid dienone is 4. The van der Waals surface area contributed by atoms with Crippen LogP contribution in [0.1, 0.15) is 102 Å². The standard InChI is InChI=1S/C35H47N5OS/c1-8-11-12-13-16-26(14-9-2)22-29-24-32(27(15-10-3)23-30-21-25(4)39-40-30)38-34(37-29)42-31-19-17-28(18-20-31)36-33(41)35(5,6)7/h8,10-11,17-22,24,27H,3,9,12-16,23H2,1-2,4-7H3,(H,36,41)(H,39,40)/b11-8+,26-22-. The molecule has 3 rings (SSSR count). The van der Waals surface area contributed by atoms with E-state index < -0.39 is 5.41 Å². The van der Waals surface area contributed by atoms with Gasteiger partial charge in [-0.25, -0.2) is 9.97 Å². The van der Waals surface area contributed by atoms with Crippen molar-refractivity contribution in [1.29, 1.82) is 0 Å². The lowest BCUT2D eigenvalue weighted by Gasteiger charge is -2.17. The van der Waals surface area contributed by atoms with Gasteiger partial charge in [0.25, 0.3) is 0 Å². The molecule has 1 aromatic carbocycles. The number of aryl methyl sites for hydroxylation is 1. The highest BCUT2D eigenvalue weighted by atomic mass is 32.2. The number of nitrogens with zero attached hydrogens (tertiary/aromatic N) is 3. The Bertz CT molecular complexity index is 1360. The Hall–Kier alpha value is -3.45. The minimum Gasteiger partial charge on any atom is -0.326 e. The van der Waals surface area contributed by atoms with E-state index in [-0.39, 0.29) is 11.8 Å². The van der Waals surface area contributed by atoms with Crippen LogP contribution in [0.15, 0.2) is 76.8 Å². The van der Waals surface area contributed by atoms with E-state index in [0.717, 1.165) is 78.3 Å². The van der Waals surface area contributed by atoms with Gasteiger partial charge < -0.3 is 5.32 Å². The maximum atomic E-state index is 12.4. The van der Waals surface area contributed by atoms with Crippen LogP contribution in [0, 0.1) is 12.3 Å². The number of carbonyl (C=O) groups excluding carboxylic acids is 1. The molecule has 3 aromatic rings. The molecule has 0 saturated carbocycles. The summed E-state index contributed by atoms with van der Waals surface area (Å²) in [6, 6.07) is 12.1. The van der Waals surface area contributed by atoms with E-state index in [0.29, 0.717) is 5.16 Å². The van der Waals surface area contributed by atoms with E-state index in [2.05, 4.69) is 66.3 Å². The van der Waals surface area contributed by atoms with E-state index in [4.69, 9.17) is 9.97 Å². The van der Waals surface area contributed by atoms with Crippen molar-refractivity contribution in [3.63, 3.8) is 0 Å². The van der Waals surface area contributed by atoms with E-state index in [1.54, 1.807) is 0 Å². The minimum absolute atomic E-state index is 0.00988. The zero-order chi connectivity index (χ0) is 30.5. The largest absolute Gasteiger partial charge is 0.326 e. The first-order valence-electron chi connectivity index (χ1n) is 15.0. The molecule has 0 saturated heterocycles. The minimum atomic E-state index is -0.453. The number of hydrogen-bond acceptors (Lipinski definition) is 5. The van der Waals surface area contributed by atoms with Gasteiger partial charge >= 0.3 is 0 Å². The highest BCUT2D eigenvalue weighted by molar-refractivity contribution is 7.99. The first-order valence-corrected chi connectivity index (χ1v) is 15.8. The number of rotatable bonds is 15. The number of anilines is 1. The molecular formula is C35H47N5OS. The van der Waals surface area contributed by atoms with Crippen LogP contribution in [0.4, 0.5) is 5.69 Å². The molecule has 1 unspecified atom stereocenters. The van der Waals surface area contributed by atoms with Crippen molar-refractivity contribution >= 4 is 29.4 Å². The molecule has 2 aromatic heterocycles. The third-order valence-electron chi connectivity index (χ3n) is 6.86. The average Bonchev–Trinajstić information content (AvgIpc) is 3.35. The van der Waals surface area contributed by atoms with Crippen molar-refractivity contribution in [2.45, 2.75) is 102 Å². The van der Waals surface area contributed by atoms with Crippen LogP contribution >= 0.6 is 11.8 Å². The van der Waals surface area contributed by atoms with Crippen molar-refractivity contribution in [2.24, 2.45) is 5.41 Å². The first-order chi connectivity index (χ1) is 20.1. The van der Waals surface area contributed by atoms with E-state index in [1.165, 1.54) is 17.3 Å². The van der Waals surface area contributed by atoms with Crippen LogP contribution < -0.4 is 5.32 Å². The normalized spacial score (nSPS) is 13.0. The highest BCUT2D eigenvalue weighted by Crippen LogP contribution is 2.31. The zero-order valence-corrected chi connectivity index (χ0v) is 27.0. The summed E-state index contributed by atoms with van der Waals surface area (Å²) >= 11 is 1.54. The molecule has 0 spiro atoms. The zero-order valence-electron chi connectivity index (χ0n) is 26.2. The Morgan fingerprint density at radius 2 is 1.90 bits per heavy atom. The van der Waals surface area contributed by atoms with Gasteiger partial charge in [-0.15, -0.1) is 6.58 Å². The number of carbonyl (C=O) groups is 1. The average molecular weight is 586 g/mol. The summed E-state index contributed by atoms with van der Waals surface area (Å²) < 4.78 is 0. The number of aromatic nitrogens is 4. The van der Waals surface area contributed by atoms with Gasteiger partial charge in [-0.3, -0.25) is 9.89 Å². The fourth-order valence-electron chi connectivity index (χ4n) is 4.58. The molecule has 2 N–H and O–H groups in total. The summed E-state index contributed by atoms with van der Waals surface area (Å²) in [7, 11) is 0. The van der Waals surface area contributed by atoms with Gasteiger partial charge in [-0.2, -0.15) is 5.10 Å². The topological polar surface area (TPSA) is 83.6 Å². The number of unbranched alkanes of at least 4 members (excludes halogenated alkanes) is 1. The van der Waals surface area contributed by atoms with Gasteiger partial charge in [0.2, 0.25) is 5.91 Å². The fourth-order valence-corrected chi connectivity index (χ4v) is 5.36. The number of nitrogens with one attached hydrogen (secondary N) is 2. The molecule has 2 heterocycles. The van der Waals surface area contributed by atoms with Gasteiger partial charge in [-0.1, -0.05) is 57.9 Å². The Morgan fingerprint density at radius 1 is 1.14 bits per heavy atom. The second kappa shape index (κ2) is 16.3. The molecule has 0 aliphatic carbocycles. The lowest BCUT2D eigenvalue weighted by molar-refractivity contribution is -0.123. The SMILES string of the molecule is C=CCC(Cc1cc(C)[nH]n1)c1cc(/C=C(/CCC)CCC/C=C/C)nc(Sc2ccc(NC(=O)C(C)(C)C)cc2)n1. The molecule has 1 amide bonds. The molecule has 1 atom stereocenters. The van der Waals surface area contributed by atoms with Crippen LogP contribution in [0.25, 0.3) is 6.08 Å². The monoisotopic (exact) mass is 585 g/mol. The summed E-state index contributed by atoms with van der Waals surface area (Å²) in [5, 5.41) is 11.3. The molecule has 6 nitrogen and oxygen atoms in total. The van der Waals surface area contributed by atoms with Gasteiger partial charge in [0, 0.05) is 39.7 Å². The Balaban J connectivity index is 1.94. The molecule has 0 bridgehead atoms. The van der Waals surface area contributed by atoms with Crippen molar-refractivity contribution in [3.05, 3.63) is 89.6 Å². The molecule has 42 heavy (non-hydrogen) atoms. The van der Waals surface area contributed by atoms with Crippen LogP contribution in [-0.4, -0.2) is 26.1 Å².